The van der Waals surface area contributed by atoms with Gasteiger partial charge in [0.15, 0.2) is 0 Å². The molecule has 1 aromatic carbocycles. The summed E-state index contributed by atoms with van der Waals surface area (Å²) in [6.45, 7) is 0.477. The maximum Gasteiger partial charge on any atom is 0.251 e. The molecular weight excluding hydrogens is 256 g/mol. The van der Waals surface area contributed by atoms with Gasteiger partial charge in [-0.05, 0) is 34.1 Å². The van der Waals surface area contributed by atoms with E-state index in [1.54, 1.807) is 18.2 Å². The summed E-state index contributed by atoms with van der Waals surface area (Å²) in [6, 6.07) is 5.06. The van der Waals surface area contributed by atoms with Crippen molar-refractivity contribution in [1.82, 2.24) is 5.32 Å². The third kappa shape index (κ3) is 3.30. The van der Waals surface area contributed by atoms with Crippen molar-refractivity contribution in [3.05, 3.63) is 28.2 Å². The smallest absolute Gasteiger partial charge is 0.251 e. The van der Waals surface area contributed by atoms with Crippen molar-refractivity contribution in [2.24, 2.45) is 0 Å². The van der Waals surface area contributed by atoms with Crippen molar-refractivity contribution < 1.29 is 4.79 Å². The van der Waals surface area contributed by atoms with Crippen LogP contribution >= 0.6 is 15.9 Å². The first kappa shape index (κ1) is 11.6. The Kier molecular flexibility index (Phi) is 4.19. The third-order valence-corrected chi connectivity index (χ3v) is 2.54. The Bertz CT molecular complexity index is 410. The van der Waals surface area contributed by atoms with Gasteiger partial charge in [-0.25, -0.2) is 0 Å². The molecule has 0 aliphatic carbocycles. The average molecular weight is 267 g/mol. The fourth-order valence-electron chi connectivity index (χ4n) is 1.04. The molecule has 1 rings (SSSR count). The van der Waals surface area contributed by atoms with Crippen molar-refractivity contribution in [1.29, 1.82) is 0 Å². The number of amides is 1. The van der Waals surface area contributed by atoms with Gasteiger partial charge in [0.05, 0.1) is 0 Å². The normalized spacial score (nSPS) is 9.33. The third-order valence-electron chi connectivity index (χ3n) is 1.81. The number of halogens is 1. The zero-order valence-electron chi connectivity index (χ0n) is 8.09. The van der Waals surface area contributed by atoms with Gasteiger partial charge in [0.1, 0.15) is 0 Å². The molecule has 0 radical (unpaired) electrons. The zero-order chi connectivity index (χ0) is 11.3. The number of carbonyl (C=O) groups excluding carboxylic acids is 1. The van der Waals surface area contributed by atoms with Gasteiger partial charge >= 0.3 is 0 Å². The average Bonchev–Trinajstić information content (AvgIpc) is 2.22. The van der Waals surface area contributed by atoms with Crippen LogP contribution in [0.1, 0.15) is 16.8 Å². The summed E-state index contributed by atoms with van der Waals surface area (Å²) in [6.07, 6.45) is 5.60. The van der Waals surface area contributed by atoms with Crippen LogP contribution in [-0.2, 0) is 0 Å². The van der Waals surface area contributed by atoms with E-state index in [0.29, 0.717) is 24.2 Å². The van der Waals surface area contributed by atoms with Crippen molar-refractivity contribution in [2.45, 2.75) is 6.42 Å². The monoisotopic (exact) mass is 266 g/mol. The summed E-state index contributed by atoms with van der Waals surface area (Å²) in [4.78, 5) is 11.5. The minimum Gasteiger partial charge on any atom is -0.398 e. The lowest BCUT2D eigenvalue weighted by molar-refractivity contribution is 0.0954. The van der Waals surface area contributed by atoms with Gasteiger partial charge in [-0.15, -0.1) is 12.3 Å². The highest BCUT2D eigenvalue weighted by molar-refractivity contribution is 9.10. The second kappa shape index (κ2) is 5.42. The number of hydrogen-bond acceptors (Lipinski definition) is 2. The van der Waals surface area contributed by atoms with E-state index >= 15 is 0 Å². The van der Waals surface area contributed by atoms with Gasteiger partial charge in [0.2, 0.25) is 0 Å². The van der Waals surface area contributed by atoms with Gasteiger partial charge in [-0.2, -0.15) is 0 Å². The van der Waals surface area contributed by atoms with Crippen LogP contribution in [0.3, 0.4) is 0 Å². The Labute approximate surface area is 97.2 Å². The number of benzene rings is 1. The Morgan fingerprint density at radius 3 is 2.93 bits per heavy atom. The molecule has 3 N–H and O–H groups in total. The lowest BCUT2D eigenvalue weighted by Crippen LogP contribution is -2.24. The lowest BCUT2D eigenvalue weighted by atomic mass is 10.2. The molecule has 0 aromatic heterocycles. The highest BCUT2D eigenvalue weighted by atomic mass is 79.9. The minimum atomic E-state index is -0.163. The molecular formula is C11H11BrN2O. The molecule has 0 saturated heterocycles. The van der Waals surface area contributed by atoms with E-state index < -0.39 is 0 Å². The lowest BCUT2D eigenvalue weighted by Gasteiger charge is -2.04. The quantitative estimate of drug-likeness (QED) is 0.498. The Morgan fingerprint density at radius 1 is 1.60 bits per heavy atom. The summed E-state index contributed by atoms with van der Waals surface area (Å²) >= 11 is 3.26. The Balaban J connectivity index is 2.67. The van der Waals surface area contributed by atoms with Crippen LogP contribution in [0.25, 0.3) is 0 Å². The predicted molar refractivity (Wildman–Crippen MR) is 64.3 cm³/mol. The van der Waals surface area contributed by atoms with E-state index in [2.05, 4.69) is 27.2 Å². The first-order valence-electron chi connectivity index (χ1n) is 4.42. The minimum absolute atomic E-state index is 0.163. The highest BCUT2D eigenvalue weighted by Crippen LogP contribution is 2.19. The summed E-state index contributed by atoms with van der Waals surface area (Å²) in [5.41, 5.74) is 6.73. The molecule has 1 amide bonds. The molecule has 0 bridgehead atoms. The second-order valence-electron chi connectivity index (χ2n) is 2.95. The van der Waals surface area contributed by atoms with E-state index in [1.807, 2.05) is 0 Å². The number of carbonyl (C=O) groups is 1. The Hall–Kier alpha value is -1.47. The summed E-state index contributed by atoms with van der Waals surface area (Å²) in [5, 5.41) is 2.69. The van der Waals surface area contributed by atoms with Gasteiger partial charge in [-0.3, -0.25) is 4.79 Å². The molecule has 0 fully saturated rings. The summed E-state index contributed by atoms with van der Waals surface area (Å²) in [5.74, 6) is 2.29. The fraction of sp³-hybridized carbons (Fsp3) is 0.182. The second-order valence-corrected chi connectivity index (χ2v) is 3.80. The van der Waals surface area contributed by atoms with Crippen molar-refractivity contribution in [3.8, 4) is 12.3 Å². The van der Waals surface area contributed by atoms with E-state index in [4.69, 9.17) is 12.2 Å². The van der Waals surface area contributed by atoms with Crippen LogP contribution in [0, 0.1) is 12.3 Å². The molecule has 78 valence electrons. The summed E-state index contributed by atoms with van der Waals surface area (Å²) in [7, 11) is 0. The predicted octanol–water partition coefficient (Wildman–Crippen LogP) is 1.78. The van der Waals surface area contributed by atoms with E-state index in [1.165, 1.54) is 0 Å². The number of hydrogen-bond donors (Lipinski definition) is 2. The molecule has 0 atom stereocenters. The number of terminal acetylenes is 1. The number of nitrogens with one attached hydrogen (secondary N) is 1. The zero-order valence-corrected chi connectivity index (χ0v) is 9.67. The number of nitrogen functional groups attached to an aromatic ring is 1. The molecule has 0 spiro atoms. The van der Waals surface area contributed by atoms with Gasteiger partial charge in [0, 0.05) is 28.7 Å². The first-order valence-corrected chi connectivity index (χ1v) is 5.21. The van der Waals surface area contributed by atoms with Crippen LogP contribution < -0.4 is 11.1 Å². The fourth-order valence-corrected chi connectivity index (χ4v) is 1.28. The van der Waals surface area contributed by atoms with Crippen LogP contribution in [0.15, 0.2) is 22.7 Å². The molecule has 15 heavy (non-hydrogen) atoms. The number of anilines is 1. The van der Waals surface area contributed by atoms with Crippen molar-refractivity contribution in [3.63, 3.8) is 0 Å². The van der Waals surface area contributed by atoms with Crippen LogP contribution in [-0.4, -0.2) is 12.5 Å². The largest absolute Gasteiger partial charge is 0.398 e. The Morgan fingerprint density at radius 2 is 2.33 bits per heavy atom. The van der Waals surface area contributed by atoms with Crippen LogP contribution in [0.4, 0.5) is 5.69 Å². The molecule has 0 saturated carbocycles. The molecule has 0 aliphatic heterocycles. The standard InChI is InChI=1S/C11H11BrN2O/c1-2-3-6-14-11(15)8-4-5-9(12)10(13)7-8/h1,4-5,7H,3,6,13H2,(H,14,15). The van der Waals surface area contributed by atoms with Crippen LogP contribution in [0.2, 0.25) is 0 Å². The van der Waals surface area contributed by atoms with Crippen molar-refractivity contribution >= 4 is 27.5 Å². The molecule has 4 heteroatoms. The molecule has 0 heterocycles. The van der Waals surface area contributed by atoms with Gasteiger partial charge in [-0.1, -0.05) is 0 Å². The maximum atomic E-state index is 11.5. The molecule has 0 unspecified atom stereocenters. The number of nitrogens with two attached hydrogens (primary N) is 1. The first-order chi connectivity index (χ1) is 7.15. The van der Waals surface area contributed by atoms with E-state index in [0.717, 1.165) is 4.47 Å². The van der Waals surface area contributed by atoms with E-state index in [9.17, 15) is 4.79 Å². The number of rotatable bonds is 3. The maximum absolute atomic E-state index is 11.5. The van der Waals surface area contributed by atoms with Gasteiger partial charge in [0.25, 0.3) is 5.91 Å². The van der Waals surface area contributed by atoms with E-state index in [-0.39, 0.29) is 5.91 Å². The topological polar surface area (TPSA) is 55.1 Å². The van der Waals surface area contributed by atoms with Gasteiger partial charge < -0.3 is 11.1 Å². The highest BCUT2D eigenvalue weighted by Gasteiger charge is 2.05. The summed E-state index contributed by atoms with van der Waals surface area (Å²) < 4.78 is 0.780. The molecule has 0 aliphatic rings. The molecule has 3 nitrogen and oxygen atoms in total. The molecule has 1 aromatic rings. The SMILES string of the molecule is C#CCCNC(=O)c1ccc(Br)c(N)c1. The van der Waals surface area contributed by atoms with Crippen LogP contribution in [0.5, 0.6) is 0 Å². The van der Waals surface area contributed by atoms with Crippen molar-refractivity contribution in [2.75, 3.05) is 12.3 Å².